The Morgan fingerprint density at radius 1 is 1.38 bits per heavy atom. The summed E-state index contributed by atoms with van der Waals surface area (Å²) in [4.78, 5) is 12.5. The number of halogens is 2. The summed E-state index contributed by atoms with van der Waals surface area (Å²) < 4.78 is 39.2. The van der Waals surface area contributed by atoms with E-state index in [1.807, 2.05) is 13.8 Å². The highest BCUT2D eigenvalue weighted by Crippen LogP contribution is 2.24. The summed E-state index contributed by atoms with van der Waals surface area (Å²) in [5.74, 6) is -0.650. The lowest BCUT2D eigenvalue weighted by Gasteiger charge is -2.31. The lowest BCUT2D eigenvalue weighted by molar-refractivity contribution is -0.126. The molecule has 1 fully saturated rings. The van der Waals surface area contributed by atoms with E-state index in [0.29, 0.717) is 32.4 Å². The van der Waals surface area contributed by atoms with E-state index in [-0.39, 0.29) is 28.6 Å². The average molecular weight is 405 g/mol. The third kappa shape index (κ3) is 5.41. The molecule has 0 aliphatic carbocycles. The Kier molecular flexibility index (Phi) is 7.43. The number of hydrogen-bond acceptors (Lipinski definition) is 3. The highest BCUT2D eigenvalue weighted by Gasteiger charge is 2.31. The molecule has 8 heteroatoms. The van der Waals surface area contributed by atoms with Crippen molar-refractivity contribution in [3.63, 3.8) is 0 Å². The van der Waals surface area contributed by atoms with Crippen LogP contribution in [-0.4, -0.2) is 37.5 Å². The molecule has 1 saturated heterocycles. The third-order valence-electron chi connectivity index (χ3n) is 4.78. The van der Waals surface area contributed by atoms with Gasteiger partial charge in [0.05, 0.1) is 16.8 Å². The van der Waals surface area contributed by atoms with Crippen LogP contribution in [0.4, 0.5) is 4.39 Å². The third-order valence-corrected chi connectivity index (χ3v) is 7.02. The molecule has 1 atom stereocenters. The molecule has 0 aromatic heterocycles. The summed E-state index contributed by atoms with van der Waals surface area (Å²) in [5, 5.41) is 2.93. The molecule has 1 unspecified atom stereocenters. The first-order valence-electron chi connectivity index (χ1n) is 8.97. The zero-order valence-corrected chi connectivity index (χ0v) is 16.7. The number of sulfonamides is 1. The van der Waals surface area contributed by atoms with E-state index in [9.17, 15) is 17.6 Å². The summed E-state index contributed by atoms with van der Waals surface area (Å²) in [7, 11) is -3.22. The SMILES string of the molecule is CCCCS(=O)(=O)N1CCC(C(=O)NC(C)c2ccc(F)c(Cl)c2)CC1. The van der Waals surface area contributed by atoms with Gasteiger partial charge in [-0.15, -0.1) is 0 Å². The molecule has 0 bridgehead atoms. The zero-order chi connectivity index (χ0) is 19.3. The highest BCUT2D eigenvalue weighted by atomic mass is 35.5. The van der Waals surface area contributed by atoms with E-state index in [0.717, 1.165) is 12.0 Å². The van der Waals surface area contributed by atoms with Gasteiger partial charge in [-0.25, -0.2) is 17.1 Å². The van der Waals surface area contributed by atoms with E-state index in [4.69, 9.17) is 11.6 Å². The van der Waals surface area contributed by atoms with E-state index >= 15 is 0 Å². The minimum absolute atomic E-state index is 0.0224. The highest BCUT2D eigenvalue weighted by molar-refractivity contribution is 7.89. The summed E-state index contributed by atoms with van der Waals surface area (Å²) in [6.45, 7) is 4.52. The van der Waals surface area contributed by atoms with Gasteiger partial charge < -0.3 is 5.32 Å². The van der Waals surface area contributed by atoms with Crippen molar-refractivity contribution >= 4 is 27.5 Å². The van der Waals surface area contributed by atoms with Crippen molar-refractivity contribution in [3.8, 4) is 0 Å². The van der Waals surface area contributed by atoms with Gasteiger partial charge in [-0.3, -0.25) is 4.79 Å². The smallest absolute Gasteiger partial charge is 0.223 e. The number of unbranched alkanes of at least 4 members (excludes halogenated alkanes) is 1. The fraction of sp³-hybridized carbons (Fsp3) is 0.611. The molecule has 1 N–H and O–H groups in total. The molecule has 1 amide bonds. The number of nitrogens with one attached hydrogen (secondary N) is 1. The molecular formula is C18H26ClFN2O3S. The minimum atomic E-state index is -3.22. The molecule has 1 aliphatic heterocycles. The minimum Gasteiger partial charge on any atom is -0.349 e. The monoisotopic (exact) mass is 404 g/mol. The lowest BCUT2D eigenvalue weighted by Crippen LogP contribution is -2.44. The van der Waals surface area contributed by atoms with E-state index in [1.54, 1.807) is 6.07 Å². The lowest BCUT2D eigenvalue weighted by atomic mass is 9.96. The summed E-state index contributed by atoms with van der Waals surface area (Å²) in [6.07, 6.45) is 2.51. The zero-order valence-electron chi connectivity index (χ0n) is 15.2. The van der Waals surface area contributed by atoms with Gasteiger partial charge in [0, 0.05) is 19.0 Å². The molecule has 26 heavy (non-hydrogen) atoms. The van der Waals surface area contributed by atoms with Crippen molar-refractivity contribution in [3.05, 3.63) is 34.6 Å². The maximum Gasteiger partial charge on any atom is 0.223 e. The van der Waals surface area contributed by atoms with Crippen molar-refractivity contribution in [2.24, 2.45) is 5.92 Å². The van der Waals surface area contributed by atoms with Gasteiger partial charge in [-0.05, 0) is 43.9 Å². The molecule has 0 spiro atoms. The van der Waals surface area contributed by atoms with Crippen LogP contribution in [-0.2, 0) is 14.8 Å². The Morgan fingerprint density at radius 2 is 2.04 bits per heavy atom. The van der Waals surface area contributed by atoms with Crippen LogP contribution >= 0.6 is 11.6 Å². The molecule has 1 aliphatic rings. The molecule has 0 saturated carbocycles. The van der Waals surface area contributed by atoms with Gasteiger partial charge >= 0.3 is 0 Å². The van der Waals surface area contributed by atoms with Crippen LogP contribution in [0.25, 0.3) is 0 Å². The largest absolute Gasteiger partial charge is 0.349 e. The van der Waals surface area contributed by atoms with Gasteiger partial charge in [-0.2, -0.15) is 0 Å². The van der Waals surface area contributed by atoms with Crippen LogP contribution in [0.5, 0.6) is 0 Å². The Bertz CT molecular complexity index is 734. The van der Waals surface area contributed by atoms with Crippen molar-refractivity contribution in [2.45, 2.75) is 45.6 Å². The van der Waals surface area contributed by atoms with Crippen molar-refractivity contribution in [1.82, 2.24) is 9.62 Å². The van der Waals surface area contributed by atoms with Crippen LogP contribution in [0, 0.1) is 11.7 Å². The van der Waals surface area contributed by atoms with Crippen LogP contribution in [0.15, 0.2) is 18.2 Å². The van der Waals surface area contributed by atoms with Crippen LogP contribution in [0.2, 0.25) is 5.02 Å². The van der Waals surface area contributed by atoms with Crippen molar-refractivity contribution < 1.29 is 17.6 Å². The number of hydrogen-bond donors (Lipinski definition) is 1. The molecule has 0 radical (unpaired) electrons. The number of piperidine rings is 1. The Morgan fingerprint density at radius 3 is 2.62 bits per heavy atom. The topological polar surface area (TPSA) is 66.5 Å². The normalized spacial score (nSPS) is 17.8. The van der Waals surface area contributed by atoms with E-state index in [1.165, 1.54) is 16.4 Å². The summed E-state index contributed by atoms with van der Waals surface area (Å²) in [6, 6.07) is 4.08. The number of nitrogens with zero attached hydrogens (tertiary/aromatic N) is 1. The first-order chi connectivity index (χ1) is 12.2. The van der Waals surface area contributed by atoms with Gasteiger partial charge in [0.2, 0.25) is 15.9 Å². The Balaban J connectivity index is 1.89. The molecular weight excluding hydrogens is 379 g/mol. The number of rotatable bonds is 7. The number of amides is 1. The summed E-state index contributed by atoms with van der Waals surface area (Å²) >= 11 is 5.79. The first-order valence-corrected chi connectivity index (χ1v) is 11.0. The second kappa shape index (κ2) is 9.15. The standard InChI is InChI=1S/C18H26ClFN2O3S/c1-3-4-11-26(24,25)22-9-7-14(8-10-22)18(23)21-13(2)15-5-6-17(20)16(19)12-15/h5-6,12-14H,3-4,7-11H2,1-2H3,(H,21,23). The quantitative estimate of drug-likeness (QED) is 0.756. The van der Waals surface area contributed by atoms with E-state index in [2.05, 4.69) is 5.32 Å². The Labute approximate surface area is 160 Å². The van der Waals surface area contributed by atoms with Crippen LogP contribution < -0.4 is 5.32 Å². The van der Waals surface area contributed by atoms with Crippen molar-refractivity contribution in [1.29, 1.82) is 0 Å². The van der Waals surface area contributed by atoms with E-state index < -0.39 is 15.8 Å². The molecule has 146 valence electrons. The van der Waals surface area contributed by atoms with Gasteiger partial charge in [0.25, 0.3) is 0 Å². The fourth-order valence-electron chi connectivity index (χ4n) is 3.05. The second-order valence-corrected chi connectivity index (χ2v) is 9.24. The fourth-order valence-corrected chi connectivity index (χ4v) is 4.92. The predicted molar refractivity (Wildman–Crippen MR) is 101 cm³/mol. The van der Waals surface area contributed by atoms with Gasteiger partial charge in [0.15, 0.2) is 0 Å². The first kappa shape index (κ1) is 21.1. The number of benzene rings is 1. The second-order valence-electron chi connectivity index (χ2n) is 6.75. The molecule has 1 aromatic carbocycles. The Hall–Kier alpha value is -1.18. The van der Waals surface area contributed by atoms with Crippen LogP contribution in [0.3, 0.4) is 0 Å². The van der Waals surface area contributed by atoms with Crippen molar-refractivity contribution in [2.75, 3.05) is 18.8 Å². The molecule has 2 rings (SSSR count). The van der Waals surface area contributed by atoms with Gasteiger partial charge in [0.1, 0.15) is 5.82 Å². The number of carbonyl (C=O) groups is 1. The maximum atomic E-state index is 13.3. The summed E-state index contributed by atoms with van der Waals surface area (Å²) in [5.41, 5.74) is 0.726. The predicted octanol–water partition coefficient (Wildman–Crippen LogP) is 3.50. The number of carbonyl (C=O) groups excluding carboxylic acids is 1. The molecule has 1 heterocycles. The molecule has 1 aromatic rings. The maximum absolute atomic E-state index is 13.3. The molecule has 5 nitrogen and oxygen atoms in total. The van der Waals surface area contributed by atoms with Gasteiger partial charge in [-0.1, -0.05) is 31.0 Å². The van der Waals surface area contributed by atoms with Crippen LogP contribution in [0.1, 0.15) is 51.1 Å². The average Bonchev–Trinajstić information content (AvgIpc) is 2.62.